The van der Waals surface area contributed by atoms with Gasteiger partial charge in [0, 0.05) is 29.6 Å². The van der Waals surface area contributed by atoms with E-state index in [0.29, 0.717) is 40.8 Å². The molecule has 3 aromatic carbocycles. The van der Waals surface area contributed by atoms with Crippen LogP contribution in [0.15, 0.2) is 59.0 Å². The molecule has 1 aliphatic rings. The summed E-state index contributed by atoms with van der Waals surface area (Å²) in [5.74, 6) is 0.249. The van der Waals surface area contributed by atoms with Crippen LogP contribution in [-0.2, 0) is 29.1 Å². The van der Waals surface area contributed by atoms with E-state index in [1.54, 1.807) is 24.1 Å². The lowest BCUT2D eigenvalue weighted by Gasteiger charge is -2.35. The summed E-state index contributed by atoms with van der Waals surface area (Å²) in [6.45, 7) is 0.610. The minimum atomic E-state index is -0.726. The largest absolute Gasteiger partial charge is 0.493 e. The first-order valence-electron chi connectivity index (χ1n) is 10.9. The monoisotopic (exact) mass is 496 g/mol. The molecule has 0 N–H and O–H groups in total. The van der Waals surface area contributed by atoms with Crippen molar-refractivity contribution in [2.45, 2.75) is 25.6 Å². The fraction of sp³-hybridized carbons (Fsp3) is 0.231. The summed E-state index contributed by atoms with van der Waals surface area (Å²) in [5, 5.41) is 0.645. The van der Waals surface area contributed by atoms with Crippen molar-refractivity contribution in [2.24, 2.45) is 0 Å². The van der Waals surface area contributed by atoms with Crippen molar-refractivity contribution >= 4 is 34.7 Å². The lowest BCUT2D eigenvalue weighted by molar-refractivity contribution is -0.142. The van der Waals surface area contributed by atoms with Gasteiger partial charge in [-0.3, -0.25) is 0 Å². The normalized spacial score (nSPS) is 15.1. The predicted octanol–water partition coefficient (Wildman–Crippen LogP) is 5.31. The number of esters is 1. The highest BCUT2D eigenvalue weighted by Crippen LogP contribution is 2.40. The van der Waals surface area contributed by atoms with Crippen molar-refractivity contribution in [3.8, 4) is 11.5 Å². The zero-order valence-electron chi connectivity index (χ0n) is 19.1. The SMILES string of the molecule is COC(=O)[C@@H]1Cc2c(ccc(OC)c2OCc2ccc(Cl)cc2)CN1c1nc2ccc(F)cc2o1. The molecule has 35 heavy (non-hydrogen) atoms. The maximum atomic E-state index is 13.7. The smallest absolute Gasteiger partial charge is 0.329 e. The molecule has 0 saturated heterocycles. The number of methoxy groups -OCH3 is 2. The third-order valence-electron chi connectivity index (χ3n) is 6.01. The third-order valence-corrected chi connectivity index (χ3v) is 6.26. The number of oxazole rings is 1. The second kappa shape index (κ2) is 9.46. The molecule has 0 aliphatic carbocycles. The van der Waals surface area contributed by atoms with Gasteiger partial charge in [0.15, 0.2) is 17.1 Å². The summed E-state index contributed by atoms with van der Waals surface area (Å²) in [6.07, 6.45) is 0.280. The number of halogens is 2. The number of benzene rings is 3. The van der Waals surface area contributed by atoms with Gasteiger partial charge in [-0.25, -0.2) is 9.18 Å². The van der Waals surface area contributed by atoms with Crippen LogP contribution in [0.1, 0.15) is 16.7 Å². The van der Waals surface area contributed by atoms with Crippen LogP contribution in [0.4, 0.5) is 10.4 Å². The Labute approximate surface area is 206 Å². The van der Waals surface area contributed by atoms with Gasteiger partial charge in [-0.15, -0.1) is 0 Å². The van der Waals surface area contributed by atoms with Gasteiger partial charge in [0.25, 0.3) is 6.01 Å². The summed E-state index contributed by atoms with van der Waals surface area (Å²) in [4.78, 5) is 19.0. The molecule has 9 heteroatoms. The molecule has 4 aromatic rings. The van der Waals surface area contributed by atoms with Crippen LogP contribution in [0, 0.1) is 5.82 Å². The molecule has 2 heterocycles. The second-order valence-corrected chi connectivity index (χ2v) is 8.57. The van der Waals surface area contributed by atoms with Crippen LogP contribution >= 0.6 is 11.6 Å². The zero-order chi connectivity index (χ0) is 24.5. The summed E-state index contributed by atoms with van der Waals surface area (Å²) in [7, 11) is 2.91. The van der Waals surface area contributed by atoms with E-state index in [9.17, 15) is 9.18 Å². The maximum absolute atomic E-state index is 13.7. The lowest BCUT2D eigenvalue weighted by Crippen LogP contribution is -2.46. The Bertz CT molecular complexity index is 1390. The van der Waals surface area contributed by atoms with Gasteiger partial charge in [0.05, 0.1) is 14.2 Å². The Morgan fingerprint density at radius 2 is 1.97 bits per heavy atom. The number of nitrogens with zero attached hydrogens (tertiary/aromatic N) is 2. The molecule has 0 radical (unpaired) electrons. The minimum absolute atomic E-state index is 0.214. The van der Waals surface area contributed by atoms with Crippen LogP contribution < -0.4 is 14.4 Å². The predicted molar refractivity (Wildman–Crippen MR) is 128 cm³/mol. The van der Waals surface area contributed by atoms with E-state index >= 15 is 0 Å². The molecule has 1 aromatic heterocycles. The van der Waals surface area contributed by atoms with Crippen molar-refractivity contribution in [3.05, 3.63) is 82.1 Å². The summed E-state index contributed by atoms with van der Waals surface area (Å²) >= 11 is 5.99. The van der Waals surface area contributed by atoms with E-state index in [0.717, 1.165) is 16.7 Å². The highest BCUT2D eigenvalue weighted by Gasteiger charge is 2.37. The van der Waals surface area contributed by atoms with Crippen molar-refractivity contribution in [2.75, 3.05) is 19.1 Å². The Morgan fingerprint density at radius 3 is 2.71 bits per heavy atom. The van der Waals surface area contributed by atoms with Gasteiger partial charge in [-0.2, -0.15) is 4.98 Å². The number of fused-ring (bicyclic) bond motifs is 2. The zero-order valence-corrected chi connectivity index (χ0v) is 19.8. The fourth-order valence-electron chi connectivity index (χ4n) is 4.23. The fourth-order valence-corrected chi connectivity index (χ4v) is 4.35. The van der Waals surface area contributed by atoms with Crippen LogP contribution in [0.2, 0.25) is 5.02 Å². The molecule has 0 spiro atoms. The molecule has 1 aliphatic heterocycles. The van der Waals surface area contributed by atoms with Crippen molar-refractivity contribution in [3.63, 3.8) is 0 Å². The van der Waals surface area contributed by atoms with Gasteiger partial charge >= 0.3 is 5.97 Å². The summed E-state index contributed by atoms with van der Waals surface area (Å²) in [6, 6.07) is 14.7. The number of hydrogen-bond donors (Lipinski definition) is 0. The van der Waals surface area contributed by atoms with E-state index in [2.05, 4.69) is 4.98 Å². The lowest BCUT2D eigenvalue weighted by atomic mass is 9.92. The van der Waals surface area contributed by atoms with E-state index in [1.807, 2.05) is 24.3 Å². The van der Waals surface area contributed by atoms with Crippen LogP contribution in [0.5, 0.6) is 11.5 Å². The first-order chi connectivity index (χ1) is 17.0. The van der Waals surface area contributed by atoms with Crippen molar-refractivity contribution in [1.29, 1.82) is 0 Å². The number of ether oxygens (including phenoxy) is 3. The minimum Gasteiger partial charge on any atom is -0.493 e. The molecule has 0 fully saturated rings. The second-order valence-electron chi connectivity index (χ2n) is 8.13. The molecule has 7 nitrogen and oxygen atoms in total. The first kappa shape index (κ1) is 23.0. The molecule has 5 rings (SSSR count). The summed E-state index contributed by atoms with van der Waals surface area (Å²) in [5.41, 5.74) is 3.50. The molecule has 0 unspecified atom stereocenters. The van der Waals surface area contributed by atoms with Crippen molar-refractivity contribution in [1.82, 2.24) is 4.98 Å². The quantitative estimate of drug-likeness (QED) is 0.335. The molecule has 1 atom stereocenters. The number of rotatable bonds is 6. The van der Waals surface area contributed by atoms with E-state index in [-0.39, 0.29) is 12.4 Å². The van der Waals surface area contributed by atoms with Crippen LogP contribution in [0.3, 0.4) is 0 Å². The van der Waals surface area contributed by atoms with Gasteiger partial charge < -0.3 is 23.5 Å². The van der Waals surface area contributed by atoms with E-state index in [4.69, 9.17) is 30.2 Å². The van der Waals surface area contributed by atoms with E-state index in [1.165, 1.54) is 25.3 Å². The molecular formula is C26H22ClFN2O5. The number of hydrogen-bond acceptors (Lipinski definition) is 7. The molecule has 0 saturated carbocycles. The molecular weight excluding hydrogens is 475 g/mol. The highest BCUT2D eigenvalue weighted by molar-refractivity contribution is 6.30. The number of anilines is 1. The Hall–Kier alpha value is -3.78. The Kier molecular flexibility index (Phi) is 6.21. The van der Waals surface area contributed by atoms with Crippen molar-refractivity contribution < 1.29 is 27.8 Å². The Morgan fingerprint density at radius 1 is 1.17 bits per heavy atom. The number of aromatic nitrogens is 1. The first-order valence-corrected chi connectivity index (χ1v) is 11.3. The maximum Gasteiger partial charge on any atom is 0.329 e. The molecule has 180 valence electrons. The van der Waals surface area contributed by atoms with Gasteiger partial charge in [-0.1, -0.05) is 29.8 Å². The topological polar surface area (TPSA) is 74.0 Å². The molecule has 0 amide bonds. The van der Waals surface area contributed by atoms with Crippen LogP contribution in [0.25, 0.3) is 11.1 Å². The third kappa shape index (κ3) is 4.49. The average Bonchev–Trinajstić information content (AvgIpc) is 3.30. The highest BCUT2D eigenvalue weighted by atomic mass is 35.5. The summed E-state index contributed by atoms with van der Waals surface area (Å²) < 4.78 is 36.3. The Balaban J connectivity index is 1.52. The van der Waals surface area contributed by atoms with Gasteiger partial charge in [-0.05, 0) is 41.5 Å². The van der Waals surface area contributed by atoms with Crippen LogP contribution in [-0.4, -0.2) is 31.2 Å². The number of carbonyl (C=O) groups is 1. The average molecular weight is 497 g/mol. The van der Waals surface area contributed by atoms with E-state index < -0.39 is 17.8 Å². The standard InChI is InChI=1S/C26H22ClFN2O5/c1-32-22-10-5-16-13-30(26-29-20-9-8-18(28)11-23(20)35-26)21(25(31)33-2)12-19(16)24(22)34-14-15-3-6-17(27)7-4-15/h3-11,21H,12-14H2,1-2H3/t21-/m0/s1. The van der Waals surface area contributed by atoms with Gasteiger partial charge in [0.2, 0.25) is 0 Å². The van der Waals surface area contributed by atoms with Gasteiger partial charge in [0.1, 0.15) is 24.0 Å². The molecule has 0 bridgehead atoms. The number of carbonyl (C=O) groups excluding carboxylic acids is 1.